The number of carbonyl (C=O) groups is 1. The van der Waals surface area contributed by atoms with E-state index in [9.17, 15) is 9.00 Å². The van der Waals surface area contributed by atoms with Crippen LogP contribution in [0.2, 0.25) is 0 Å². The average molecular weight is 431 g/mol. The van der Waals surface area contributed by atoms with E-state index in [2.05, 4.69) is 14.8 Å². The number of anilines is 1. The topological polar surface area (TPSA) is 124 Å². The number of ether oxygens (including phenoxy) is 1. The van der Waals surface area contributed by atoms with Crippen molar-refractivity contribution >= 4 is 21.6 Å². The second-order valence-electron chi connectivity index (χ2n) is 8.38. The quantitative estimate of drug-likeness (QED) is 0.773. The molecule has 2 aromatic rings. The largest absolute Gasteiger partial charge is 0.477 e. The summed E-state index contributed by atoms with van der Waals surface area (Å²) in [6, 6.07) is -0.620. The zero-order valence-electron chi connectivity index (χ0n) is 17.2. The molecule has 0 spiro atoms. The third-order valence-corrected chi connectivity index (χ3v) is 7.49. The maximum Gasteiger partial charge on any atom is 0.354 e. The van der Waals surface area contributed by atoms with Gasteiger partial charge in [-0.05, 0) is 57.1 Å². The van der Waals surface area contributed by atoms with Gasteiger partial charge in [0.1, 0.15) is 4.90 Å². The summed E-state index contributed by atoms with van der Waals surface area (Å²) in [5.41, 5.74) is 4.91. The van der Waals surface area contributed by atoms with Crippen molar-refractivity contribution in [3.8, 4) is 5.88 Å². The number of pyridine rings is 1. The predicted molar refractivity (Wildman–Crippen MR) is 112 cm³/mol. The predicted octanol–water partition coefficient (Wildman–Crippen LogP) is 3.23. The summed E-state index contributed by atoms with van der Waals surface area (Å²) >= 11 is 0. The highest BCUT2D eigenvalue weighted by Crippen LogP contribution is 2.44. The van der Waals surface area contributed by atoms with Crippen molar-refractivity contribution in [2.24, 2.45) is 9.50 Å². The number of carbonyl (C=O) groups excluding carboxylic acids is 1. The van der Waals surface area contributed by atoms with E-state index in [0.717, 1.165) is 66.7 Å². The first kappa shape index (κ1) is 19.5. The molecule has 9 nitrogen and oxygen atoms in total. The molecular formula is C20H26N6O3S. The van der Waals surface area contributed by atoms with Crippen LogP contribution in [-0.4, -0.2) is 31.6 Å². The lowest BCUT2D eigenvalue weighted by molar-refractivity contribution is 0.196. The number of rotatable bonds is 3. The van der Waals surface area contributed by atoms with Gasteiger partial charge in [-0.25, -0.2) is 18.8 Å². The Labute approximate surface area is 175 Å². The van der Waals surface area contributed by atoms with Gasteiger partial charge in [0.05, 0.1) is 24.5 Å². The number of urea groups is 1. The first-order valence-corrected chi connectivity index (χ1v) is 12.0. The molecule has 30 heavy (non-hydrogen) atoms. The first-order chi connectivity index (χ1) is 14.3. The van der Waals surface area contributed by atoms with Gasteiger partial charge in [0.2, 0.25) is 5.88 Å². The van der Waals surface area contributed by atoms with Gasteiger partial charge in [0.15, 0.2) is 9.92 Å². The van der Waals surface area contributed by atoms with Crippen LogP contribution in [0.4, 0.5) is 10.5 Å². The molecule has 0 aromatic carbocycles. The van der Waals surface area contributed by atoms with Crippen LogP contribution in [0.15, 0.2) is 15.5 Å². The Bertz CT molecular complexity index is 1160. The minimum Gasteiger partial charge on any atom is -0.477 e. The number of hydrogen-bond donors (Lipinski definition) is 2. The molecule has 160 valence electrons. The van der Waals surface area contributed by atoms with Crippen molar-refractivity contribution in [3.05, 3.63) is 28.7 Å². The number of amides is 2. The molecule has 0 saturated heterocycles. The van der Waals surface area contributed by atoms with Gasteiger partial charge in [-0.2, -0.15) is 5.10 Å². The molecule has 2 aromatic heterocycles. The molecule has 5 rings (SSSR count). The Morgan fingerprint density at radius 3 is 2.93 bits per heavy atom. The SMILES string of the molecule is Cc1c(C2CC2)nc2c(c1NC(=O)N=S(N)(=O)c1cnn3c1OCCC3C)CCC2. The van der Waals surface area contributed by atoms with E-state index in [1.807, 2.05) is 13.8 Å². The summed E-state index contributed by atoms with van der Waals surface area (Å²) in [5, 5.41) is 13.1. The van der Waals surface area contributed by atoms with E-state index < -0.39 is 15.9 Å². The maximum absolute atomic E-state index is 13.1. The maximum atomic E-state index is 13.1. The standard InChI is InChI=1S/C20H26N6O3S/c1-11-8-9-29-19-16(10-22-26(11)19)30(21,28)25-20(27)24-18-12(2)17(13-6-7-13)23-15-5-3-4-14(15)18/h10-11,13H,3-9H2,1-2H3,(H3,21,23,24,25,27,28). The van der Waals surface area contributed by atoms with Crippen LogP contribution in [0.3, 0.4) is 0 Å². The summed E-state index contributed by atoms with van der Waals surface area (Å²) in [6.45, 7) is 4.46. The molecule has 3 N–H and O–H groups in total. The second kappa shape index (κ2) is 7.05. The van der Waals surface area contributed by atoms with Crippen molar-refractivity contribution in [2.75, 3.05) is 11.9 Å². The highest BCUT2D eigenvalue weighted by Gasteiger charge is 2.32. The molecule has 2 atom stereocenters. The second-order valence-corrected chi connectivity index (χ2v) is 10.1. The van der Waals surface area contributed by atoms with Crippen LogP contribution in [-0.2, 0) is 22.8 Å². The van der Waals surface area contributed by atoms with Gasteiger partial charge < -0.3 is 10.1 Å². The van der Waals surface area contributed by atoms with E-state index >= 15 is 0 Å². The lowest BCUT2D eigenvalue weighted by Gasteiger charge is -2.22. The van der Waals surface area contributed by atoms with E-state index in [0.29, 0.717) is 18.4 Å². The summed E-state index contributed by atoms with van der Waals surface area (Å²) in [5.74, 6) is 0.801. The summed E-state index contributed by atoms with van der Waals surface area (Å²) in [4.78, 5) is 17.8. The monoisotopic (exact) mass is 430 g/mol. The zero-order valence-corrected chi connectivity index (χ0v) is 18.0. The molecule has 0 bridgehead atoms. The van der Waals surface area contributed by atoms with Crippen molar-refractivity contribution in [1.82, 2.24) is 14.8 Å². The number of nitrogens with two attached hydrogens (primary N) is 1. The number of nitrogens with one attached hydrogen (secondary N) is 1. The first-order valence-electron chi connectivity index (χ1n) is 10.4. The van der Waals surface area contributed by atoms with Gasteiger partial charge in [0, 0.05) is 23.7 Å². The highest BCUT2D eigenvalue weighted by atomic mass is 32.2. The zero-order chi connectivity index (χ0) is 21.0. The van der Waals surface area contributed by atoms with Crippen molar-refractivity contribution in [2.45, 2.75) is 69.2 Å². The molecule has 2 aliphatic carbocycles. The molecule has 10 heteroatoms. The number of fused-ring (bicyclic) bond motifs is 2. The minimum absolute atomic E-state index is 0.106. The van der Waals surface area contributed by atoms with Crippen molar-refractivity contribution in [1.29, 1.82) is 0 Å². The molecule has 3 heterocycles. The van der Waals surface area contributed by atoms with Crippen LogP contribution in [0.5, 0.6) is 5.88 Å². The van der Waals surface area contributed by atoms with Gasteiger partial charge in [-0.15, -0.1) is 4.36 Å². The van der Waals surface area contributed by atoms with Gasteiger partial charge >= 0.3 is 6.03 Å². The molecule has 1 fully saturated rings. The highest BCUT2D eigenvalue weighted by molar-refractivity contribution is 7.91. The van der Waals surface area contributed by atoms with Crippen LogP contribution < -0.4 is 15.2 Å². The fourth-order valence-corrected chi connectivity index (χ4v) is 5.36. The Morgan fingerprint density at radius 1 is 1.37 bits per heavy atom. The van der Waals surface area contributed by atoms with Crippen molar-refractivity contribution in [3.63, 3.8) is 0 Å². The normalized spacial score (nSPS) is 21.9. The van der Waals surface area contributed by atoms with Gasteiger partial charge in [0.25, 0.3) is 0 Å². The molecule has 2 unspecified atom stereocenters. The molecule has 1 saturated carbocycles. The van der Waals surface area contributed by atoms with Gasteiger partial charge in [-0.3, -0.25) is 4.98 Å². The van der Waals surface area contributed by atoms with Crippen molar-refractivity contribution < 1.29 is 13.7 Å². The lowest BCUT2D eigenvalue weighted by Crippen LogP contribution is -2.22. The fraction of sp³-hybridized carbons (Fsp3) is 0.550. The number of nitrogens with zero attached hydrogens (tertiary/aromatic N) is 4. The van der Waals surface area contributed by atoms with E-state index in [-0.39, 0.29) is 10.9 Å². The van der Waals surface area contributed by atoms with E-state index in [1.165, 1.54) is 6.20 Å². The summed E-state index contributed by atoms with van der Waals surface area (Å²) in [6.07, 6.45) is 7.25. The molecule has 0 radical (unpaired) electrons. The smallest absolute Gasteiger partial charge is 0.354 e. The van der Waals surface area contributed by atoms with E-state index in [4.69, 9.17) is 14.9 Å². The summed E-state index contributed by atoms with van der Waals surface area (Å²) in [7, 11) is -3.50. The van der Waals surface area contributed by atoms with Crippen LogP contribution in [0, 0.1) is 6.92 Å². The van der Waals surface area contributed by atoms with Crippen LogP contribution in [0.1, 0.15) is 67.1 Å². The lowest BCUT2D eigenvalue weighted by atomic mass is 10.0. The molecular weight excluding hydrogens is 404 g/mol. The Hall–Kier alpha value is -2.46. The Morgan fingerprint density at radius 2 is 2.17 bits per heavy atom. The Balaban J connectivity index is 1.48. The molecule has 3 aliphatic rings. The van der Waals surface area contributed by atoms with Gasteiger partial charge in [-0.1, -0.05) is 0 Å². The summed E-state index contributed by atoms with van der Waals surface area (Å²) < 4.78 is 24.2. The number of hydrogen-bond acceptors (Lipinski definition) is 5. The number of aryl methyl sites for hydroxylation is 1. The third-order valence-electron chi connectivity index (χ3n) is 6.14. The van der Waals surface area contributed by atoms with Crippen LogP contribution >= 0.6 is 0 Å². The molecule has 2 amide bonds. The fourth-order valence-electron chi connectivity index (χ4n) is 4.37. The Kier molecular flexibility index (Phi) is 4.59. The van der Waals surface area contributed by atoms with E-state index in [1.54, 1.807) is 4.68 Å². The third kappa shape index (κ3) is 3.27. The average Bonchev–Trinajstić information content (AvgIpc) is 3.24. The van der Waals surface area contributed by atoms with Crippen LogP contribution in [0.25, 0.3) is 0 Å². The minimum atomic E-state index is -3.50. The number of aromatic nitrogens is 3. The molecule has 1 aliphatic heterocycles.